The lowest BCUT2D eigenvalue weighted by molar-refractivity contribution is -0.672. The highest BCUT2D eigenvalue weighted by atomic mass is 32.1. The number of ether oxygens (including phenoxy) is 2. The van der Waals surface area contributed by atoms with Crippen LogP contribution in [0.1, 0.15) is 118 Å². The number of hydrogen-bond donors (Lipinski definition) is 2. The molecule has 4 N–H and O–H groups in total. The van der Waals surface area contributed by atoms with Crippen LogP contribution < -0.4 is 11.1 Å². The number of thiophene rings is 2. The Balaban J connectivity index is 1.02. The molecule has 6 heteroatoms. The first kappa shape index (κ1) is 34.5. The van der Waals surface area contributed by atoms with Crippen LogP contribution in [0.25, 0.3) is 6.08 Å². The first-order valence-corrected chi connectivity index (χ1v) is 23.1. The van der Waals surface area contributed by atoms with Gasteiger partial charge in [-0.2, -0.15) is 0 Å². The van der Waals surface area contributed by atoms with Crippen molar-refractivity contribution >= 4 is 28.7 Å². The minimum absolute atomic E-state index is 0.0428. The van der Waals surface area contributed by atoms with Crippen molar-refractivity contribution in [2.24, 2.45) is 28.9 Å². The summed E-state index contributed by atoms with van der Waals surface area (Å²) in [5.41, 5.74) is 18.9. The molecule has 1 fully saturated rings. The van der Waals surface area contributed by atoms with Gasteiger partial charge in [-0.05, 0) is 147 Å². The van der Waals surface area contributed by atoms with Crippen LogP contribution in [0.5, 0.6) is 0 Å². The summed E-state index contributed by atoms with van der Waals surface area (Å²) in [6.07, 6.45) is 37.1. The van der Waals surface area contributed by atoms with E-state index in [9.17, 15) is 0 Å². The summed E-state index contributed by atoms with van der Waals surface area (Å²) in [4.78, 5) is 6.24. The van der Waals surface area contributed by atoms with Gasteiger partial charge in [0.25, 0.3) is 0 Å². The predicted octanol–water partition coefficient (Wildman–Crippen LogP) is 9.42. The van der Waals surface area contributed by atoms with Gasteiger partial charge in [-0.25, -0.2) is 0 Å². The molecule has 2 aromatic rings. The van der Waals surface area contributed by atoms with Crippen LogP contribution in [-0.4, -0.2) is 31.4 Å². The Hall–Kier alpha value is -2.74. The Morgan fingerprint density at radius 2 is 1.89 bits per heavy atom. The van der Waals surface area contributed by atoms with E-state index < -0.39 is 0 Å². The fraction of sp³-hybridized carbons (Fsp3) is 0.542. The predicted molar refractivity (Wildman–Crippen MR) is 222 cm³/mol. The van der Waals surface area contributed by atoms with E-state index in [1.54, 1.807) is 43.2 Å². The third kappa shape index (κ3) is 5.15. The molecule has 11 rings (SSSR count). The van der Waals surface area contributed by atoms with Gasteiger partial charge >= 0.3 is 0 Å². The van der Waals surface area contributed by atoms with Crippen molar-refractivity contribution in [3.05, 3.63) is 118 Å². The molecule has 4 nitrogen and oxygen atoms in total. The van der Waals surface area contributed by atoms with E-state index in [1.807, 2.05) is 11.3 Å². The average molecular weight is 758 g/mol. The summed E-state index contributed by atoms with van der Waals surface area (Å²) in [6, 6.07) is 0. The van der Waals surface area contributed by atoms with Crippen molar-refractivity contribution in [1.29, 1.82) is 0 Å². The number of aryl methyl sites for hydroxylation is 2. The fourth-order valence-electron chi connectivity index (χ4n) is 13.0. The summed E-state index contributed by atoms with van der Waals surface area (Å²) in [5, 5.41) is 2.51. The molecular formula is C48H57N2O2S2+. The van der Waals surface area contributed by atoms with Gasteiger partial charge in [-0.3, -0.25) is 0 Å². The fourth-order valence-corrected chi connectivity index (χ4v) is 15.6. The normalized spacial score (nSPS) is 36.1. The van der Waals surface area contributed by atoms with Crippen molar-refractivity contribution in [2.75, 3.05) is 13.1 Å². The molecule has 0 amide bonds. The van der Waals surface area contributed by atoms with E-state index in [-0.39, 0.29) is 29.6 Å². The zero-order valence-electron chi connectivity index (χ0n) is 32.2. The third-order valence-corrected chi connectivity index (χ3v) is 17.5. The maximum absolute atomic E-state index is 7.40. The first-order chi connectivity index (χ1) is 26.5. The van der Waals surface area contributed by atoms with Crippen LogP contribution in [0, 0.1) is 30.1 Å². The second-order valence-electron chi connectivity index (χ2n) is 17.9. The van der Waals surface area contributed by atoms with Crippen molar-refractivity contribution in [3.8, 4) is 0 Å². The summed E-state index contributed by atoms with van der Waals surface area (Å²) in [6.45, 7) is 7.82. The Labute approximate surface area is 330 Å². The molecule has 2 aromatic heterocycles. The molecule has 0 saturated carbocycles. The highest BCUT2D eigenvalue weighted by Crippen LogP contribution is 2.66. The van der Waals surface area contributed by atoms with E-state index in [0.717, 1.165) is 44.9 Å². The molecule has 0 radical (unpaired) electrons. The molecule has 9 unspecified atom stereocenters. The molecule has 1 saturated heterocycles. The molecular weight excluding hydrogens is 701 g/mol. The molecule has 9 atom stereocenters. The lowest BCUT2D eigenvalue weighted by atomic mass is 9.48. The third-order valence-electron chi connectivity index (χ3n) is 15.1. The minimum atomic E-state index is -0.0811. The van der Waals surface area contributed by atoms with Crippen molar-refractivity contribution in [2.45, 2.75) is 128 Å². The number of allylic oxidation sites excluding steroid dienone is 8. The van der Waals surface area contributed by atoms with Crippen LogP contribution in [0.4, 0.5) is 0 Å². The molecule has 0 bridgehead atoms. The maximum Gasteiger partial charge on any atom is 0.125 e. The van der Waals surface area contributed by atoms with Crippen LogP contribution in [0.15, 0.2) is 76.7 Å². The lowest BCUT2D eigenvalue weighted by Gasteiger charge is -2.62. The van der Waals surface area contributed by atoms with Gasteiger partial charge in [0.05, 0.1) is 23.6 Å². The van der Waals surface area contributed by atoms with Crippen LogP contribution in [0.3, 0.4) is 0 Å². The molecule has 5 heterocycles. The number of quaternary nitrogens is 1. The first-order valence-electron chi connectivity index (χ1n) is 21.5. The quantitative estimate of drug-likeness (QED) is 0.306. The second-order valence-corrected chi connectivity index (χ2v) is 20.4. The van der Waals surface area contributed by atoms with E-state index in [2.05, 4.69) is 85.2 Å². The van der Waals surface area contributed by atoms with Gasteiger partial charge in [-0.15, -0.1) is 22.7 Å². The van der Waals surface area contributed by atoms with Crippen molar-refractivity contribution < 1.29 is 14.8 Å². The van der Waals surface area contributed by atoms with E-state index in [0.29, 0.717) is 30.2 Å². The summed E-state index contributed by atoms with van der Waals surface area (Å²) >= 11 is 4.10. The smallest absolute Gasteiger partial charge is 0.125 e. The van der Waals surface area contributed by atoms with E-state index in [1.165, 1.54) is 71.8 Å². The Morgan fingerprint density at radius 1 is 0.944 bits per heavy atom. The number of nitrogens with two attached hydrogens (primary N) is 2. The molecule has 0 aromatic carbocycles. The zero-order chi connectivity index (χ0) is 36.1. The molecule has 282 valence electrons. The highest BCUT2D eigenvalue weighted by Gasteiger charge is 2.63. The van der Waals surface area contributed by atoms with Crippen LogP contribution in [-0.2, 0) is 35.3 Å². The van der Waals surface area contributed by atoms with Crippen LogP contribution in [0.2, 0.25) is 0 Å². The van der Waals surface area contributed by atoms with Crippen molar-refractivity contribution in [1.82, 2.24) is 0 Å². The molecule has 3 aliphatic heterocycles. The molecule has 9 aliphatic rings. The van der Waals surface area contributed by atoms with E-state index >= 15 is 0 Å². The SMILES string of the molecule is Cc1sc2c(c1CCN)C(C1=CC3OC4CCCC=C4C4(C5=C(C=CC(C)C5)OC5C=C(C6CCCc7sc8c(c76)CC[NH2+]C8)C=CC54)C3CC1)CC=C2. The van der Waals surface area contributed by atoms with Gasteiger partial charge in [-0.1, -0.05) is 49.0 Å². The second kappa shape index (κ2) is 13.4. The Morgan fingerprint density at radius 3 is 2.81 bits per heavy atom. The summed E-state index contributed by atoms with van der Waals surface area (Å²) in [7, 11) is 0. The monoisotopic (exact) mass is 757 g/mol. The zero-order valence-corrected chi connectivity index (χ0v) is 33.8. The Kier molecular flexibility index (Phi) is 8.59. The highest BCUT2D eigenvalue weighted by molar-refractivity contribution is 7.13. The van der Waals surface area contributed by atoms with Gasteiger partial charge in [0, 0.05) is 50.1 Å². The number of fused-ring (bicyclic) bond motifs is 11. The van der Waals surface area contributed by atoms with Gasteiger partial charge in [0.1, 0.15) is 18.4 Å². The average Bonchev–Trinajstić information content (AvgIpc) is 3.74. The number of hydrogen-bond acceptors (Lipinski definition) is 5. The van der Waals surface area contributed by atoms with Gasteiger partial charge in [0.15, 0.2) is 0 Å². The van der Waals surface area contributed by atoms with Gasteiger partial charge in [0.2, 0.25) is 0 Å². The van der Waals surface area contributed by atoms with Crippen molar-refractivity contribution in [3.63, 3.8) is 0 Å². The van der Waals surface area contributed by atoms with E-state index in [4.69, 9.17) is 15.2 Å². The maximum atomic E-state index is 7.40. The Bertz CT molecular complexity index is 2100. The largest absolute Gasteiger partial charge is 0.486 e. The molecule has 1 spiro atoms. The standard InChI is InChI=1S/C48H56N2O2S2/c1-27-13-18-40-38(23-27)48(37-17-15-30(25-42(37)52-40)33-8-6-12-44-47(33)34-20-22-50-26-45(34)54-44)35-9-3-4-10-39(35)51-41-24-29(14-16-36(41)48)32-7-5-11-43-46(32)31(19-21-49)28(2)53-43/h5,9,11,13,15,17-18,24-25,27,32-33,36-37,39,41-42,50H,3-4,6-8,10,12,14,16,19-23,26,49H2,1-2H3/p+1. The topological polar surface area (TPSA) is 61.1 Å². The summed E-state index contributed by atoms with van der Waals surface area (Å²) < 4.78 is 14.7. The lowest BCUT2D eigenvalue weighted by Crippen LogP contribution is -2.84. The molecule has 54 heavy (non-hydrogen) atoms. The van der Waals surface area contributed by atoms with Crippen LogP contribution >= 0.6 is 22.7 Å². The minimum Gasteiger partial charge on any atom is -0.486 e. The molecule has 6 aliphatic carbocycles. The summed E-state index contributed by atoms with van der Waals surface area (Å²) in [5.74, 6) is 3.31. The number of rotatable bonds is 4. The van der Waals surface area contributed by atoms with Gasteiger partial charge < -0.3 is 20.5 Å².